The fourth-order valence-corrected chi connectivity index (χ4v) is 1.16. The summed E-state index contributed by atoms with van der Waals surface area (Å²) in [4.78, 5) is 35.8. The summed E-state index contributed by atoms with van der Waals surface area (Å²) in [5.41, 5.74) is 0.661. The highest BCUT2D eigenvalue weighted by Gasteiger charge is 2.14. The van der Waals surface area contributed by atoms with E-state index in [2.05, 4.69) is 10.3 Å². The number of aromatic nitrogens is 1. The number of carboxylic acids is 1. The van der Waals surface area contributed by atoms with E-state index in [0.29, 0.717) is 5.56 Å². The largest absolute Gasteiger partial charge is 0.481 e. The summed E-state index contributed by atoms with van der Waals surface area (Å²) in [6.07, 6.45) is 1.44. The molecule has 1 heterocycles. The van der Waals surface area contributed by atoms with Crippen molar-refractivity contribution in [3.63, 3.8) is 0 Å². The van der Waals surface area contributed by atoms with E-state index >= 15 is 0 Å². The second-order valence-corrected chi connectivity index (χ2v) is 3.81. The number of carbonyl (C=O) groups is 3. The van der Waals surface area contributed by atoms with Gasteiger partial charge in [-0.3, -0.25) is 14.4 Å². The summed E-state index contributed by atoms with van der Waals surface area (Å²) < 4.78 is 0. The van der Waals surface area contributed by atoms with E-state index in [4.69, 9.17) is 5.11 Å². The molecule has 1 atom stereocenters. The highest BCUT2D eigenvalue weighted by molar-refractivity contribution is 5.99. The summed E-state index contributed by atoms with van der Waals surface area (Å²) in [5.74, 6) is -2.19. The summed E-state index contributed by atoms with van der Waals surface area (Å²) in [7, 11) is 0. The third-order valence-corrected chi connectivity index (χ3v) is 2.32. The number of carbonyl (C=O) groups excluding carboxylic acids is 2. The van der Waals surface area contributed by atoms with Gasteiger partial charge in [0.25, 0.3) is 5.91 Å². The molecule has 0 aliphatic heterocycles. The Morgan fingerprint density at radius 1 is 1.47 bits per heavy atom. The monoisotopic (exact) mass is 238 g/mol. The fraction of sp³-hybridized carbons (Fsp3) is 0.364. The minimum atomic E-state index is -0.971. The van der Waals surface area contributed by atoms with Crippen LogP contribution in [0.3, 0.4) is 0 Å². The molecule has 0 aromatic carbocycles. The lowest BCUT2D eigenvalue weighted by molar-refractivity contribution is -0.140. The summed E-state index contributed by atoms with van der Waals surface area (Å²) in [6.45, 7) is 2.94. The first kappa shape index (κ1) is 13.0. The number of rotatable bonds is 5. The van der Waals surface area contributed by atoms with Gasteiger partial charge in [-0.25, -0.2) is 0 Å². The zero-order valence-electron chi connectivity index (χ0n) is 9.61. The van der Waals surface area contributed by atoms with Gasteiger partial charge in [0, 0.05) is 18.3 Å². The molecule has 6 heteroatoms. The standard InChI is InChI=1S/C11H14N2O4/c1-6(11(16)17)4-13-10(15)9-3-8(5-12-9)7(2)14/h3,5-6,12H,4H2,1-2H3,(H,13,15)(H,16,17). The molecule has 0 radical (unpaired) electrons. The first-order chi connectivity index (χ1) is 7.91. The summed E-state index contributed by atoms with van der Waals surface area (Å²) in [5, 5.41) is 11.1. The van der Waals surface area contributed by atoms with Gasteiger partial charge in [0.15, 0.2) is 5.78 Å². The van der Waals surface area contributed by atoms with Crippen molar-refractivity contribution in [3.8, 4) is 0 Å². The number of H-pyrrole nitrogens is 1. The van der Waals surface area contributed by atoms with Crippen molar-refractivity contribution in [2.24, 2.45) is 5.92 Å². The molecule has 3 N–H and O–H groups in total. The van der Waals surface area contributed by atoms with Crippen LogP contribution in [0, 0.1) is 5.92 Å². The van der Waals surface area contributed by atoms with Gasteiger partial charge in [-0.05, 0) is 13.0 Å². The van der Waals surface area contributed by atoms with Gasteiger partial charge in [0.2, 0.25) is 0 Å². The number of nitrogens with one attached hydrogen (secondary N) is 2. The first-order valence-electron chi connectivity index (χ1n) is 5.12. The molecule has 0 aliphatic carbocycles. The minimum absolute atomic E-state index is 0.0442. The lowest BCUT2D eigenvalue weighted by Gasteiger charge is -2.06. The van der Waals surface area contributed by atoms with Crippen LogP contribution in [0.1, 0.15) is 34.7 Å². The molecular weight excluding hydrogens is 224 g/mol. The van der Waals surface area contributed by atoms with E-state index in [1.54, 1.807) is 0 Å². The normalized spacial score (nSPS) is 11.9. The Balaban J connectivity index is 2.58. The molecule has 1 amide bonds. The van der Waals surface area contributed by atoms with Crippen LogP contribution in [0.4, 0.5) is 0 Å². The maximum atomic E-state index is 11.6. The maximum Gasteiger partial charge on any atom is 0.308 e. The molecule has 0 saturated heterocycles. The SMILES string of the molecule is CC(=O)c1c[nH]c(C(=O)NCC(C)C(=O)O)c1. The Hall–Kier alpha value is -2.11. The predicted molar refractivity (Wildman–Crippen MR) is 59.9 cm³/mol. The van der Waals surface area contributed by atoms with E-state index in [1.807, 2.05) is 0 Å². The second kappa shape index (κ2) is 5.29. The third-order valence-electron chi connectivity index (χ3n) is 2.32. The van der Waals surface area contributed by atoms with Crippen LogP contribution in [0.15, 0.2) is 12.3 Å². The Morgan fingerprint density at radius 2 is 2.12 bits per heavy atom. The number of amides is 1. The molecule has 0 saturated carbocycles. The van der Waals surface area contributed by atoms with Crippen molar-refractivity contribution in [2.75, 3.05) is 6.54 Å². The molecule has 17 heavy (non-hydrogen) atoms. The predicted octanol–water partition coefficient (Wildman–Crippen LogP) is 0.668. The number of aromatic amines is 1. The van der Waals surface area contributed by atoms with Crippen molar-refractivity contribution in [1.29, 1.82) is 0 Å². The molecule has 0 fully saturated rings. The number of aliphatic carboxylic acids is 1. The quantitative estimate of drug-likeness (QED) is 0.656. The molecule has 0 spiro atoms. The average molecular weight is 238 g/mol. The summed E-state index contributed by atoms with van der Waals surface area (Å²) >= 11 is 0. The molecule has 92 valence electrons. The molecular formula is C11H14N2O4. The molecule has 1 unspecified atom stereocenters. The minimum Gasteiger partial charge on any atom is -0.481 e. The molecule has 0 bridgehead atoms. The lowest BCUT2D eigenvalue weighted by Crippen LogP contribution is -2.31. The van der Waals surface area contributed by atoms with Crippen LogP contribution in [0.2, 0.25) is 0 Å². The van der Waals surface area contributed by atoms with Gasteiger partial charge in [-0.2, -0.15) is 0 Å². The van der Waals surface area contributed by atoms with Gasteiger partial charge in [-0.15, -0.1) is 0 Å². The highest BCUT2D eigenvalue weighted by Crippen LogP contribution is 2.04. The maximum absolute atomic E-state index is 11.6. The van der Waals surface area contributed by atoms with Crippen LogP contribution in [0.25, 0.3) is 0 Å². The fourth-order valence-electron chi connectivity index (χ4n) is 1.16. The summed E-state index contributed by atoms with van der Waals surface area (Å²) in [6, 6.07) is 1.43. The Kier molecular flexibility index (Phi) is 4.03. The van der Waals surface area contributed by atoms with Crippen molar-refractivity contribution in [2.45, 2.75) is 13.8 Å². The molecule has 1 aromatic rings. The van der Waals surface area contributed by atoms with Gasteiger partial charge in [0.05, 0.1) is 5.92 Å². The second-order valence-electron chi connectivity index (χ2n) is 3.81. The van der Waals surface area contributed by atoms with Crippen molar-refractivity contribution >= 4 is 17.7 Å². The zero-order chi connectivity index (χ0) is 13.0. The molecule has 1 aromatic heterocycles. The van der Waals surface area contributed by atoms with Crippen LogP contribution < -0.4 is 5.32 Å². The van der Waals surface area contributed by atoms with E-state index < -0.39 is 17.8 Å². The van der Waals surface area contributed by atoms with Crippen molar-refractivity contribution in [3.05, 3.63) is 23.5 Å². The Labute approximate surface area is 98.0 Å². The Morgan fingerprint density at radius 3 is 2.59 bits per heavy atom. The number of hydrogen-bond donors (Lipinski definition) is 3. The average Bonchev–Trinajstić information content (AvgIpc) is 2.74. The van der Waals surface area contributed by atoms with Gasteiger partial charge < -0.3 is 15.4 Å². The van der Waals surface area contributed by atoms with E-state index in [-0.39, 0.29) is 18.0 Å². The van der Waals surface area contributed by atoms with Crippen LogP contribution in [-0.4, -0.2) is 34.3 Å². The number of ketones is 1. The molecule has 1 rings (SSSR count). The number of carboxylic acid groups (broad SMARTS) is 1. The van der Waals surface area contributed by atoms with Crippen LogP contribution in [-0.2, 0) is 4.79 Å². The molecule has 0 aliphatic rings. The first-order valence-corrected chi connectivity index (χ1v) is 5.12. The smallest absolute Gasteiger partial charge is 0.308 e. The number of hydrogen-bond acceptors (Lipinski definition) is 3. The van der Waals surface area contributed by atoms with Crippen LogP contribution in [0.5, 0.6) is 0 Å². The van der Waals surface area contributed by atoms with Gasteiger partial charge >= 0.3 is 5.97 Å². The van der Waals surface area contributed by atoms with Crippen molar-refractivity contribution in [1.82, 2.24) is 10.3 Å². The Bertz CT molecular complexity index is 450. The van der Waals surface area contributed by atoms with E-state index in [0.717, 1.165) is 0 Å². The van der Waals surface area contributed by atoms with E-state index in [1.165, 1.54) is 26.1 Å². The van der Waals surface area contributed by atoms with Crippen molar-refractivity contribution < 1.29 is 19.5 Å². The highest BCUT2D eigenvalue weighted by atomic mass is 16.4. The lowest BCUT2D eigenvalue weighted by atomic mass is 10.2. The van der Waals surface area contributed by atoms with Crippen LogP contribution >= 0.6 is 0 Å². The van der Waals surface area contributed by atoms with Gasteiger partial charge in [0.1, 0.15) is 5.69 Å². The zero-order valence-corrected chi connectivity index (χ0v) is 9.61. The molecule has 6 nitrogen and oxygen atoms in total. The van der Waals surface area contributed by atoms with E-state index in [9.17, 15) is 14.4 Å². The van der Waals surface area contributed by atoms with Gasteiger partial charge in [-0.1, -0.05) is 6.92 Å². The number of Topliss-reactive ketones (excluding diaryl/α,β-unsaturated/α-hetero) is 1. The third kappa shape index (κ3) is 3.44. The topological polar surface area (TPSA) is 99.3 Å².